The lowest BCUT2D eigenvalue weighted by Gasteiger charge is -2.46. The Morgan fingerprint density at radius 3 is 1.60 bits per heavy atom. The van der Waals surface area contributed by atoms with E-state index in [0.717, 1.165) is 0 Å². The van der Waals surface area contributed by atoms with E-state index in [0.29, 0.717) is 13.2 Å². The van der Waals surface area contributed by atoms with Crippen LogP contribution in [0.4, 0.5) is 0 Å². The number of ether oxygens (including phenoxy) is 3. The highest BCUT2D eigenvalue weighted by Gasteiger charge is 2.55. The van der Waals surface area contributed by atoms with Crippen molar-refractivity contribution in [2.75, 3.05) is 19.8 Å². The van der Waals surface area contributed by atoms with Crippen LogP contribution in [0.2, 0.25) is 36.3 Å². The van der Waals surface area contributed by atoms with E-state index in [4.69, 9.17) is 23.1 Å². The molecule has 2 unspecified atom stereocenters. The summed E-state index contributed by atoms with van der Waals surface area (Å²) in [6.45, 7) is 27.2. The maximum absolute atomic E-state index is 9.71. The first-order valence-corrected chi connectivity index (χ1v) is 17.2. The van der Waals surface area contributed by atoms with Gasteiger partial charge in [-0.15, -0.1) is 0 Å². The van der Waals surface area contributed by atoms with Crippen LogP contribution >= 0.6 is 0 Å². The molecule has 1 heterocycles. The third-order valence-corrected chi connectivity index (χ3v) is 15.8. The van der Waals surface area contributed by atoms with E-state index >= 15 is 0 Å². The molecule has 0 aromatic rings. The van der Waals surface area contributed by atoms with E-state index in [1.807, 2.05) is 13.8 Å². The fourth-order valence-corrected chi connectivity index (χ4v) is 5.37. The van der Waals surface area contributed by atoms with Crippen LogP contribution in [0, 0.1) is 0 Å². The van der Waals surface area contributed by atoms with Gasteiger partial charge in [0.2, 0.25) is 0 Å². The van der Waals surface area contributed by atoms with Gasteiger partial charge in [-0.25, -0.2) is 0 Å². The smallest absolute Gasteiger partial charge is 0.192 e. The first kappa shape index (κ1) is 28.2. The number of rotatable bonds is 12. The average Bonchev–Trinajstić information content (AvgIpc) is 3.35. The Labute approximate surface area is 187 Å². The predicted octanol–water partition coefficient (Wildman–Crippen LogP) is 4.93. The Kier molecular flexibility index (Phi) is 9.80. The standard InChI is InChI=1S/C22H48O6Si2/c1-13-24-20(25-14-2)19(28-30(11,12)22(6,7)8)18(17-16(15-23)26-17)27-29(9,10)21(3,4)5/h16-20,23H,13-15H2,1-12H3/t16?,17?,18-,19+/m0/s1. The molecule has 30 heavy (non-hydrogen) atoms. The maximum Gasteiger partial charge on any atom is 0.192 e. The second-order valence-corrected chi connectivity index (χ2v) is 20.8. The second kappa shape index (κ2) is 10.4. The topological polar surface area (TPSA) is 69.7 Å². The third kappa shape index (κ3) is 7.10. The summed E-state index contributed by atoms with van der Waals surface area (Å²) in [5.41, 5.74) is 0. The third-order valence-electron chi connectivity index (χ3n) is 6.85. The number of epoxide rings is 1. The van der Waals surface area contributed by atoms with E-state index in [1.165, 1.54) is 0 Å². The Morgan fingerprint density at radius 1 is 0.833 bits per heavy atom. The van der Waals surface area contributed by atoms with Crippen LogP contribution in [0.1, 0.15) is 55.4 Å². The van der Waals surface area contributed by atoms with Gasteiger partial charge in [-0.1, -0.05) is 41.5 Å². The number of aliphatic hydroxyl groups excluding tert-OH is 1. The lowest BCUT2D eigenvalue weighted by Crippen LogP contribution is -2.58. The van der Waals surface area contributed by atoms with Crippen molar-refractivity contribution in [3.63, 3.8) is 0 Å². The van der Waals surface area contributed by atoms with E-state index in [2.05, 4.69) is 67.7 Å². The highest BCUT2D eigenvalue weighted by molar-refractivity contribution is 6.74. The fourth-order valence-electron chi connectivity index (χ4n) is 2.79. The van der Waals surface area contributed by atoms with Gasteiger partial charge in [0, 0.05) is 13.2 Å². The summed E-state index contributed by atoms with van der Waals surface area (Å²) in [5.74, 6) is 0. The van der Waals surface area contributed by atoms with Gasteiger partial charge in [0.1, 0.15) is 24.4 Å². The van der Waals surface area contributed by atoms with Crippen LogP contribution in [-0.2, 0) is 23.1 Å². The lowest BCUT2D eigenvalue weighted by molar-refractivity contribution is -0.206. The van der Waals surface area contributed by atoms with Crippen molar-refractivity contribution in [3.8, 4) is 0 Å². The van der Waals surface area contributed by atoms with Crippen LogP contribution < -0.4 is 0 Å². The van der Waals surface area contributed by atoms with Crippen molar-refractivity contribution >= 4 is 16.6 Å². The van der Waals surface area contributed by atoms with Crippen molar-refractivity contribution in [2.45, 2.75) is 122 Å². The van der Waals surface area contributed by atoms with Gasteiger partial charge >= 0.3 is 0 Å². The van der Waals surface area contributed by atoms with Crippen molar-refractivity contribution in [1.82, 2.24) is 0 Å². The van der Waals surface area contributed by atoms with E-state index < -0.39 is 29.0 Å². The van der Waals surface area contributed by atoms with Gasteiger partial charge in [0.05, 0.1) is 6.61 Å². The van der Waals surface area contributed by atoms with Crippen LogP contribution in [-0.4, -0.2) is 72.3 Å². The molecule has 0 bridgehead atoms. The molecule has 1 fully saturated rings. The minimum atomic E-state index is -2.17. The van der Waals surface area contributed by atoms with Gasteiger partial charge in [-0.3, -0.25) is 0 Å². The summed E-state index contributed by atoms with van der Waals surface area (Å²) in [6.07, 6.45) is -1.79. The summed E-state index contributed by atoms with van der Waals surface area (Å²) in [6, 6.07) is 0. The molecular formula is C22H48O6Si2. The summed E-state index contributed by atoms with van der Waals surface area (Å²) in [7, 11) is -4.31. The summed E-state index contributed by atoms with van der Waals surface area (Å²) < 4.78 is 31.7. The number of hydrogen-bond donors (Lipinski definition) is 1. The molecule has 1 aliphatic rings. The molecule has 0 aliphatic carbocycles. The average molecular weight is 465 g/mol. The molecule has 4 atom stereocenters. The number of hydrogen-bond acceptors (Lipinski definition) is 6. The normalized spacial score (nSPS) is 23.0. The number of aliphatic hydroxyl groups is 1. The van der Waals surface area contributed by atoms with Crippen LogP contribution in [0.25, 0.3) is 0 Å². The molecule has 0 spiro atoms. The van der Waals surface area contributed by atoms with Crippen molar-refractivity contribution in [2.24, 2.45) is 0 Å². The summed E-state index contributed by atoms with van der Waals surface area (Å²) in [5, 5.41) is 9.76. The SMILES string of the molecule is CCOC(OCC)[C@H](O[Si](C)(C)C(C)(C)C)[C@@H](O[Si](C)(C)C(C)(C)C)C1OC1CO. The molecule has 1 aliphatic heterocycles. The van der Waals surface area contributed by atoms with Gasteiger partial charge < -0.3 is 28.2 Å². The van der Waals surface area contributed by atoms with Gasteiger partial charge in [-0.2, -0.15) is 0 Å². The van der Waals surface area contributed by atoms with Crippen LogP contribution in [0.3, 0.4) is 0 Å². The molecule has 1 saturated heterocycles. The summed E-state index contributed by atoms with van der Waals surface area (Å²) in [4.78, 5) is 0. The molecule has 1 rings (SSSR count). The molecule has 0 saturated carbocycles. The highest BCUT2D eigenvalue weighted by Crippen LogP contribution is 2.44. The first-order valence-electron chi connectivity index (χ1n) is 11.4. The highest BCUT2D eigenvalue weighted by atomic mass is 28.4. The minimum Gasteiger partial charge on any atom is -0.408 e. The Hall–Kier alpha value is 0.194. The van der Waals surface area contributed by atoms with Gasteiger partial charge in [0.25, 0.3) is 0 Å². The van der Waals surface area contributed by atoms with Gasteiger partial charge in [0.15, 0.2) is 22.9 Å². The molecule has 180 valence electrons. The monoisotopic (exact) mass is 464 g/mol. The van der Waals surface area contributed by atoms with Crippen molar-refractivity contribution in [3.05, 3.63) is 0 Å². The quantitative estimate of drug-likeness (QED) is 0.251. The Balaban J connectivity index is 3.39. The van der Waals surface area contributed by atoms with Crippen molar-refractivity contribution in [1.29, 1.82) is 0 Å². The zero-order chi connectivity index (χ0) is 23.5. The zero-order valence-corrected chi connectivity index (χ0v) is 23.5. The van der Waals surface area contributed by atoms with E-state index in [-0.39, 0.29) is 35.0 Å². The zero-order valence-electron chi connectivity index (χ0n) is 21.5. The van der Waals surface area contributed by atoms with E-state index in [9.17, 15) is 5.11 Å². The molecule has 0 aromatic heterocycles. The minimum absolute atomic E-state index is 0.0243. The molecule has 1 N–H and O–H groups in total. The molecule has 0 aromatic carbocycles. The van der Waals surface area contributed by atoms with Gasteiger partial charge in [-0.05, 0) is 50.1 Å². The molecule has 0 radical (unpaired) electrons. The maximum atomic E-state index is 9.71. The Morgan fingerprint density at radius 2 is 1.27 bits per heavy atom. The fraction of sp³-hybridized carbons (Fsp3) is 1.00. The van der Waals surface area contributed by atoms with Crippen molar-refractivity contribution < 1.29 is 28.2 Å². The van der Waals surface area contributed by atoms with E-state index in [1.54, 1.807) is 0 Å². The molecular weight excluding hydrogens is 416 g/mol. The molecule has 8 heteroatoms. The first-order chi connectivity index (χ1) is 13.5. The predicted molar refractivity (Wildman–Crippen MR) is 127 cm³/mol. The Bertz CT molecular complexity index is 521. The van der Waals surface area contributed by atoms with Crippen LogP contribution in [0.5, 0.6) is 0 Å². The second-order valence-electron chi connectivity index (χ2n) is 11.3. The van der Waals surface area contributed by atoms with Crippen LogP contribution in [0.15, 0.2) is 0 Å². The molecule has 0 amide bonds. The molecule has 6 nitrogen and oxygen atoms in total. The summed E-state index contributed by atoms with van der Waals surface area (Å²) >= 11 is 0. The largest absolute Gasteiger partial charge is 0.408 e. The lowest BCUT2D eigenvalue weighted by atomic mass is 10.1.